The first-order chi connectivity index (χ1) is 14.7. The summed E-state index contributed by atoms with van der Waals surface area (Å²) in [5, 5.41) is 20.4. The Kier molecular flexibility index (Phi) is 6.41. The van der Waals surface area contributed by atoms with Gasteiger partial charge in [-0.25, -0.2) is 4.68 Å². The van der Waals surface area contributed by atoms with Crippen LogP contribution in [0.4, 0.5) is 0 Å². The Labute approximate surface area is 179 Å². The van der Waals surface area contributed by atoms with Gasteiger partial charge < -0.3 is 10.1 Å². The Morgan fingerprint density at radius 2 is 1.77 bits per heavy atom. The van der Waals surface area contributed by atoms with Crippen LogP contribution >= 0.6 is 11.8 Å². The van der Waals surface area contributed by atoms with Gasteiger partial charge in [0.15, 0.2) is 0 Å². The minimum absolute atomic E-state index is 0.739. The number of tetrazole rings is 1. The molecular formula is C21H23N7OS. The molecule has 0 aliphatic carbocycles. The summed E-state index contributed by atoms with van der Waals surface area (Å²) in [4.78, 5) is 0. The van der Waals surface area contributed by atoms with Crippen LogP contribution in [0, 0.1) is 0 Å². The first-order valence-corrected chi connectivity index (χ1v) is 10.6. The number of benzene rings is 2. The molecule has 0 atom stereocenters. The second-order valence-corrected chi connectivity index (χ2v) is 7.79. The first-order valence-electron chi connectivity index (χ1n) is 9.61. The van der Waals surface area contributed by atoms with E-state index in [4.69, 9.17) is 4.74 Å². The highest BCUT2D eigenvalue weighted by molar-refractivity contribution is 7.99. The van der Waals surface area contributed by atoms with E-state index in [0.29, 0.717) is 0 Å². The smallest absolute Gasteiger partial charge is 0.209 e. The van der Waals surface area contributed by atoms with Gasteiger partial charge in [-0.1, -0.05) is 30.0 Å². The number of hydrogen-bond acceptors (Lipinski definition) is 7. The number of ether oxygens (including phenoxy) is 1. The van der Waals surface area contributed by atoms with Crippen molar-refractivity contribution in [2.45, 2.75) is 11.7 Å². The fraction of sp³-hybridized carbons (Fsp3) is 0.238. The number of para-hydroxylation sites is 1. The van der Waals surface area contributed by atoms with Crippen LogP contribution in [0.2, 0.25) is 0 Å². The highest BCUT2D eigenvalue weighted by Gasteiger charge is 2.11. The molecule has 0 fully saturated rings. The SMILES string of the molecule is Cn1cc(CNCCSc2nnnn2C)c(-c2ccc(Oc3ccccc3)cc2)n1. The van der Waals surface area contributed by atoms with Gasteiger partial charge in [-0.05, 0) is 46.8 Å². The zero-order chi connectivity index (χ0) is 20.8. The van der Waals surface area contributed by atoms with Crippen LogP contribution in [0.5, 0.6) is 11.5 Å². The van der Waals surface area contributed by atoms with E-state index >= 15 is 0 Å². The summed E-state index contributed by atoms with van der Waals surface area (Å²) < 4.78 is 9.40. The van der Waals surface area contributed by atoms with Crippen molar-refractivity contribution in [3.63, 3.8) is 0 Å². The van der Waals surface area contributed by atoms with E-state index in [1.807, 2.05) is 73.4 Å². The van der Waals surface area contributed by atoms with Crippen LogP contribution < -0.4 is 10.1 Å². The fourth-order valence-corrected chi connectivity index (χ4v) is 3.74. The molecule has 0 bridgehead atoms. The lowest BCUT2D eigenvalue weighted by Gasteiger charge is -2.07. The van der Waals surface area contributed by atoms with Crippen LogP contribution in [0.15, 0.2) is 66.0 Å². The Hall–Kier alpha value is -3.17. The topological polar surface area (TPSA) is 82.7 Å². The van der Waals surface area contributed by atoms with Gasteiger partial charge in [-0.2, -0.15) is 5.10 Å². The molecule has 154 valence electrons. The van der Waals surface area contributed by atoms with E-state index in [1.54, 1.807) is 16.4 Å². The zero-order valence-electron chi connectivity index (χ0n) is 16.9. The van der Waals surface area contributed by atoms with Gasteiger partial charge in [0.05, 0.1) is 5.69 Å². The number of hydrogen-bond donors (Lipinski definition) is 1. The van der Waals surface area contributed by atoms with Crippen LogP contribution in [-0.2, 0) is 20.6 Å². The zero-order valence-corrected chi connectivity index (χ0v) is 17.7. The summed E-state index contributed by atoms with van der Waals surface area (Å²) >= 11 is 1.63. The third-order valence-corrected chi connectivity index (χ3v) is 5.43. The second kappa shape index (κ2) is 9.55. The molecule has 2 aromatic heterocycles. The van der Waals surface area contributed by atoms with Crippen molar-refractivity contribution in [1.29, 1.82) is 0 Å². The van der Waals surface area contributed by atoms with Crippen molar-refractivity contribution >= 4 is 11.8 Å². The van der Waals surface area contributed by atoms with Crippen LogP contribution in [0.1, 0.15) is 5.56 Å². The van der Waals surface area contributed by atoms with Gasteiger partial charge in [0.1, 0.15) is 11.5 Å². The highest BCUT2D eigenvalue weighted by atomic mass is 32.2. The molecule has 0 saturated heterocycles. The maximum Gasteiger partial charge on any atom is 0.209 e. The molecule has 4 rings (SSSR count). The molecule has 2 heterocycles. The van der Waals surface area contributed by atoms with Gasteiger partial charge in [-0.3, -0.25) is 4.68 Å². The highest BCUT2D eigenvalue weighted by Crippen LogP contribution is 2.27. The van der Waals surface area contributed by atoms with E-state index in [0.717, 1.165) is 52.3 Å². The normalized spacial score (nSPS) is 11.0. The number of nitrogens with one attached hydrogen (secondary N) is 1. The fourth-order valence-electron chi connectivity index (χ4n) is 3.00. The summed E-state index contributed by atoms with van der Waals surface area (Å²) in [7, 11) is 3.78. The molecular weight excluding hydrogens is 398 g/mol. The number of aromatic nitrogens is 6. The average molecular weight is 422 g/mol. The molecule has 0 aliphatic rings. The molecule has 8 nitrogen and oxygen atoms in total. The van der Waals surface area contributed by atoms with Gasteiger partial charge in [0, 0.05) is 50.3 Å². The van der Waals surface area contributed by atoms with Gasteiger partial charge in [-0.15, -0.1) is 5.10 Å². The van der Waals surface area contributed by atoms with Crippen LogP contribution in [-0.4, -0.2) is 42.3 Å². The number of aryl methyl sites for hydroxylation is 2. The largest absolute Gasteiger partial charge is 0.457 e. The van der Waals surface area contributed by atoms with Gasteiger partial charge in [0.25, 0.3) is 0 Å². The molecule has 1 N–H and O–H groups in total. The Morgan fingerprint density at radius 3 is 2.50 bits per heavy atom. The van der Waals surface area contributed by atoms with Crippen molar-refractivity contribution < 1.29 is 4.74 Å². The van der Waals surface area contributed by atoms with Crippen molar-refractivity contribution in [2.24, 2.45) is 14.1 Å². The molecule has 30 heavy (non-hydrogen) atoms. The van der Waals surface area contributed by atoms with E-state index < -0.39 is 0 Å². The molecule has 0 saturated carbocycles. The number of thioether (sulfide) groups is 1. The maximum absolute atomic E-state index is 5.88. The molecule has 2 aromatic carbocycles. The Bertz CT molecular complexity index is 1080. The summed E-state index contributed by atoms with van der Waals surface area (Å²) in [5.41, 5.74) is 3.19. The molecule has 0 spiro atoms. The maximum atomic E-state index is 5.88. The predicted molar refractivity (Wildman–Crippen MR) is 116 cm³/mol. The lowest BCUT2D eigenvalue weighted by Crippen LogP contribution is -2.17. The summed E-state index contributed by atoms with van der Waals surface area (Å²) in [6.07, 6.45) is 2.05. The van der Waals surface area contributed by atoms with Crippen LogP contribution in [0.3, 0.4) is 0 Å². The van der Waals surface area contributed by atoms with Crippen molar-refractivity contribution in [3.05, 3.63) is 66.4 Å². The minimum atomic E-state index is 0.739. The lowest BCUT2D eigenvalue weighted by atomic mass is 10.1. The van der Waals surface area contributed by atoms with Gasteiger partial charge in [0.2, 0.25) is 5.16 Å². The van der Waals surface area contributed by atoms with E-state index in [2.05, 4.69) is 32.1 Å². The second-order valence-electron chi connectivity index (χ2n) is 6.73. The minimum Gasteiger partial charge on any atom is -0.457 e. The molecule has 0 unspecified atom stereocenters. The number of rotatable bonds is 9. The predicted octanol–water partition coefficient (Wildman–Crippen LogP) is 3.28. The number of nitrogens with zero attached hydrogens (tertiary/aromatic N) is 6. The Morgan fingerprint density at radius 1 is 1.00 bits per heavy atom. The summed E-state index contributed by atoms with van der Waals surface area (Å²) in [6, 6.07) is 17.8. The third-order valence-electron chi connectivity index (χ3n) is 4.42. The molecule has 9 heteroatoms. The van der Waals surface area contributed by atoms with E-state index in [1.165, 1.54) is 0 Å². The lowest BCUT2D eigenvalue weighted by molar-refractivity contribution is 0.483. The molecule has 0 aliphatic heterocycles. The summed E-state index contributed by atoms with van der Waals surface area (Å²) in [5.74, 6) is 2.51. The van der Waals surface area contributed by atoms with Crippen LogP contribution in [0.25, 0.3) is 11.3 Å². The van der Waals surface area contributed by atoms with E-state index in [9.17, 15) is 0 Å². The third kappa shape index (κ3) is 5.05. The van der Waals surface area contributed by atoms with Crippen molar-refractivity contribution in [1.82, 2.24) is 35.3 Å². The average Bonchev–Trinajstić information content (AvgIpc) is 3.34. The molecule has 0 amide bonds. The van der Waals surface area contributed by atoms with Gasteiger partial charge >= 0.3 is 0 Å². The van der Waals surface area contributed by atoms with Crippen molar-refractivity contribution in [2.75, 3.05) is 12.3 Å². The summed E-state index contributed by atoms with van der Waals surface area (Å²) in [6.45, 7) is 1.58. The van der Waals surface area contributed by atoms with E-state index in [-0.39, 0.29) is 0 Å². The monoisotopic (exact) mass is 421 g/mol. The molecule has 4 aromatic rings. The Balaban J connectivity index is 1.35. The standard InChI is InChI=1S/C21H23N7OS/c1-27-15-17(14-22-12-13-30-21-23-25-26-28(21)2)20(24-27)16-8-10-19(11-9-16)29-18-6-4-3-5-7-18/h3-11,15,22H,12-14H2,1-2H3. The van der Waals surface area contributed by atoms with Crippen molar-refractivity contribution in [3.8, 4) is 22.8 Å². The first kappa shape index (κ1) is 20.1. The molecule has 0 radical (unpaired) electrons. The quantitative estimate of drug-likeness (QED) is 0.328.